The van der Waals surface area contributed by atoms with Crippen LogP contribution in [0, 0.1) is 5.82 Å². The van der Waals surface area contributed by atoms with Gasteiger partial charge in [-0.05, 0) is 51.8 Å². The van der Waals surface area contributed by atoms with Crippen molar-refractivity contribution in [3.05, 3.63) is 62.3 Å². The van der Waals surface area contributed by atoms with E-state index in [1.54, 1.807) is 12.1 Å². The minimum atomic E-state index is -0.437. The SMILES string of the molecule is O=C1Cc2cc(C(=O)c3ccc(F)cc3Br)c(Cl)cc2N1. The molecular formula is C15H8BrClFNO2. The summed E-state index contributed by atoms with van der Waals surface area (Å²) in [5, 5.41) is 2.92. The van der Waals surface area contributed by atoms with Gasteiger partial charge < -0.3 is 5.32 Å². The van der Waals surface area contributed by atoms with Gasteiger partial charge in [-0.2, -0.15) is 0 Å². The van der Waals surface area contributed by atoms with Gasteiger partial charge in [0.15, 0.2) is 5.78 Å². The minimum absolute atomic E-state index is 0.131. The number of rotatable bonds is 2. The third-order valence-electron chi connectivity index (χ3n) is 3.24. The molecule has 2 aromatic rings. The summed E-state index contributed by atoms with van der Waals surface area (Å²) in [7, 11) is 0. The Labute approximate surface area is 133 Å². The number of carbonyl (C=O) groups excluding carboxylic acids is 2. The van der Waals surface area contributed by atoms with Crippen LogP contribution in [0.4, 0.5) is 10.1 Å². The zero-order valence-corrected chi connectivity index (χ0v) is 12.9. The van der Waals surface area contributed by atoms with Crippen LogP contribution in [0.1, 0.15) is 21.5 Å². The van der Waals surface area contributed by atoms with E-state index in [0.29, 0.717) is 21.3 Å². The molecule has 0 unspecified atom stereocenters. The lowest BCUT2D eigenvalue weighted by atomic mass is 10.00. The molecule has 0 saturated carbocycles. The molecule has 1 aliphatic rings. The number of hydrogen-bond acceptors (Lipinski definition) is 2. The highest BCUT2D eigenvalue weighted by Crippen LogP contribution is 2.32. The van der Waals surface area contributed by atoms with Crippen molar-refractivity contribution >= 4 is 44.9 Å². The summed E-state index contributed by atoms with van der Waals surface area (Å²) in [6, 6.07) is 7.00. The van der Waals surface area contributed by atoms with Gasteiger partial charge in [0.25, 0.3) is 0 Å². The first-order chi connectivity index (χ1) is 9.95. The largest absolute Gasteiger partial charge is 0.325 e. The van der Waals surface area contributed by atoms with Gasteiger partial charge in [0.05, 0.1) is 11.4 Å². The normalized spacial score (nSPS) is 13.0. The van der Waals surface area contributed by atoms with E-state index in [1.807, 2.05) is 0 Å². The Hall–Kier alpha value is -1.72. The second-order valence-corrected chi connectivity index (χ2v) is 5.93. The van der Waals surface area contributed by atoms with Crippen LogP contribution >= 0.6 is 27.5 Å². The van der Waals surface area contributed by atoms with E-state index in [2.05, 4.69) is 21.2 Å². The second kappa shape index (κ2) is 5.24. The molecule has 1 aliphatic heterocycles. The molecule has 21 heavy (non-hydrogen) atoms. The fourth-order valence-corrected chi connectivity index (χ4v) is 3.02. The van der Waals surface area contributed by atoms with Crippen molar-refractivity contribution in [2.45, 2.75) is 6.42 Å². The van der Waals surface area contributed by atoms with Crippen LogP contribution in [0.15, 0.2) is 34.8 Å². The van der Waals surface area contributed by atoms with Gasteiger partial charge in [0.1, 0.15) is 5.82 Å². The Morgan fingerprint density at radius 3 is 2.71 bits per heavy atom. The lowest BCUT2D eigenvalue weighted by Crippen LogP contribution is -2.04. The molecule has 0 aliphatic carbocycles. The number of ketones is 1. The van der Waals surface area contributed by atoms with Gasteiger partial charge in [-0.3, -0.25) is 9.59 Å². The molecule has 1 heterocycles. The number of anilines is 1. The Balaban J connectivity index is 2.06. The molecule has 106 valence electrons. The Kier molecular flexibility index (Phi) is 3.55. The lowest BCUT2D eigenvalue weighted by molar-refractivity contribution is -0.115. The Morgan fingerprint density at radius 1 is 1.24 bits per heavy atom. The predicted molar refractivity (Wildman–Crippen MR) is 81.3 cm³/mol. The summed E-state index contributed by atoms with van der Waals surface area (Å²) in [5.41, 5.74) is 1.96. The van der Waals surface area contributed by atoms with Crippen LogP contribution in [-0.4, -0.2) is 11.7 Å². The Bertz CT molecular complexity index is 791. The lowest BCUT2D eigenvalue weighted by Gasteiger charge is -2.08. The van der Waals surface area contributed by atoms with E-state index in [-0.39, 0.29) is 23.1 Å². The average molecular weight is 369 g/mol. The summed E-state index contributed by atoms with van der Waals surface area (Å²) in [6.07, 6.45) is 0.220. The van der Waals surface area contributed by atoms with Crippen LogP contribution in [0.25, 0.3) is 0 Å². The van der Waals surface area contributed by atoms with Gasteiger partial charge in [-0.25, -0.2) is 4.39 Å². The number of carbonyl (C=O) groups is 2. The highest BCUT2D eigenvalue weighted by atomic mass is 79.9. The molecule has 2 aromatic carbocycles. The molecule has 0 radical (unpaired) electrons. The molecule has 3 rings (SSSR count). The number of amides is 1. The highest BCUT2D eigenvalue weighted by Gasteiger charge is 2.23. The molecule has 6 heteroatoms. The number of fused-ring (bicyclic) bond motifs is 1. The van der Waals surface area contributed by atoms with Gasteiger partial charge in [-0.1, -0.05) is 11.6 Å². The summed E-state index contributed by atoms with van der Waals surface area (Å²) in [5.74, 6) is -0.893. The maximum atomic E-state index is 13.1. The molecule has 0 aromatic heterocycles. The first-order valence-electron chi connectivity index (χ1n) is 6.08. The van der Waals surface area contributed by atoms with E-state index < -0.39 is 5.82 Å². The van der Waals surface area contributed by atoms with Crippen LogP contribution in [0.3, 0.4) is 0 Å². The first kappa shape index (κ1) is 14.2. The van der Waals surface area contributed by atoms with E-state index >= 15 is 0 Å². The third-order valence-corrected chi connectivity index (χ3v) is 4.21. The second-order valence-electron chi connectivity index (χ2n) is 4.67. The van der Waals surface area contributed by atoms with Gasteiger partial charge in [-0.15, -0.1) is 0 Å². The molecule has 0 saturated heterocycles. The average Bonchev–Trinajstić information content (AvgIpc) is 2.76. The number of benzene rings is 2. The van der Waals surface area contributed by atoms with Gasteiger partial charge in [0.2, 0.25) is 5.91 Å². The molecule has 0 atom stereocenters. The first-order valence-corrected chi connectivity index (χ1v) is 7.25. The molecular weight excluding hydrogens is 361 g/mol. The topological polar surface area (TPSA) is 46.2 Å². The standard InChI is InChI=1S/C15H8BrClFNO2/c16-11-5-8(18)1-2-9(11)15(21)10-3-7-4-14(20)19-13(7)6-12(10)17/h1-3,5-6H,4H2,(H,19,20). The summed E-state index contributed by atoms with van der Waals surface area (Å²) < 4.78 is 13.5. The quantitative estimate of drug-likeness (QED) is 0.815. The van der Waals surface area contributed by atoms with Crippen molar-refractivity contribution in [3.8, 4) is 0 Å². The summed E-state index contributed by atoms with van der Waals surface area (Å²) >= 11 is 9.29. The van der Waals surface area contributed by atoms with Gasteiger partial charge in [0, 0.05) is 21.3 Å². The van der Waals surface area contributed by atoms with Crippen LogP contribution in [0.5, 0.6) is 0 Å². The van der Waals surface area contributed by atoms with Crippen LogP contribution < -0.4 is 5.32 Å². The van der Waals surface area contributed by atoms with Crippen molar-refractivity contribution in [3.63, 3.8) is 0 Å². The Morgan fingerprint density at radius 2 is 2.00 bits per heavy atom. The summed E-state index contributed by atoms with van der Waals surface area (Å²) in [6.45, 7) is 0. The molecule has 0 bridgehead atoms. The van der Waals surface area contributed by atoms with Crippen molar-refractivity contribution < 1.29 is 14.0 Å². The van der Waals surface area contributed by atoms with E-state index in [4.69, 9.17) is 11.6 Å². The van der Waals surface area contributed by atoms with Crippen molar-refractivity contribution in [2.24, 2.45) is 0 Å². The van der Waals surface area contributed by atoms with Crippen LogP contribution in [0.2, 0.25) is 5.02 Å². The fraction of sp³-hybridized carbons (Fsp3) is 0.0667. The molecule has 1 amide bonds. The predicted octanol–water partition coefficient (Wildman–Crippen LogP) is 3.97. The number of halogens is 3. The zero-order valence-electron chi connectivity index (χ0n) is 10.5. The molecule has 0 spiro atoms. The van der Waals surface area contributed by atoms with E-state index in [1.165, 1.54) is 18.2 Å². The smallest absolute Gasteiger partial charge is 0.228 e. The maximum Gasteiger partial charge on any atom is 0.228 e. The fourth-order valence-electron chi connectivity index (χ4n) is 2.24. The van der Waals surface area contributed by atoms with E-state index in [0.717, 1.165) is 5.56 Å². The number of nitrogens with one attached hydrogen (secondary N) is 1. The monoisotopic (exact) mass is 367 g/mol. The zero-order chi connectivity index (χ0) is 15.1. The maximum absolute atomic E-state index is 13.1. The van der Waals surface area contributed by atoms with E-state index in [9.17, 15) is 14.0 Å². The van der Waals surface area contributed by atoms with Crippen molar-refractivity contribution in [2.75, 3.05) is 5.32 Å². The highest BCUT2D eigenvalue weighted by molar-refractivity contribution is 9.10. The van der Waals surface area contributed by atoms with Crippen molar-refractivity contribution in [1.82, 2.24) is 0 Å². The molecule has 3 nitrogen and oxygen atoms in total. The van der Waals surface area contributed by atoms with Gasteiger partial charge >= 0.3 is 0 Å². The molecule has 0 fully saturated rings. The minimum Gasteiger partial charge on any atom is -0.325 e. The van der Waals surface area contributed by atoms with Crippen LogP contribution in [-0.2, 0) is 11.2 Å². The molecule has 1 N–H and O–H groups in total. The third kappa shape index (κ3) is 2.59. The summed E-state index contributed by atoms with van der Waals surface area (Å²) in [4.78, 5) is 23.9. The number of hydrogen-bond donors (Lipinski definition) is 1. The van der Waals surface area contributed by atoms with Crippen molar-refractivity contribution in [1.29, 1.82) is 0 Å².